The van der Waals surface area contributed by atoms with Gasteiger partial charge in [0, 0.05) is 25.0 Å². The number of rotatable bonds is 8. The van der Waals surface area contributed by atoms with Gasteiger partial charge < -0.3 is 16.0 Å². The molecule has 1 heterocycles. The fourth-order valence-electron chi connectivity index (χ4n) is 2.25. The van der Waals surface area contributed by atoms with Crippen LogP contribution in [-0.2, 0) is 6.54 Å². The van der Waals surface area contributed by atoms with Crippen molar-refractivity contribution in [1.82, 2.24) is 20.9 Å². The summed E-state index contributed by atoms with van der Waals surface area (Å²) in [7, 11) is 0. The van der Waals surface area contributed by atoms with E-state index in [0.717, 1.165) is 17.2 Å². The van der Waals surface area contributed by atoms with Crippen molar-refractivity contribution >= 4 is 34.8 Å². The molecule has 8 heteroatoms. The highest BCUT2D eigenvalue weighted by Gasteiger charge is 2.09. The van der Waals surface area contributed by atoms with Crippen molar-refractivity contribution in [2.75, 3.05) is 19.6 Å². The van der Waals surface area contributed by atoms with E-state index >= 15 is 0 Å². The van der Waals surface area contributed by atoms with Crippen LogP contribution in [0.5, 0.6) is 0 Å². The summed E-state index contributed by atoms with van der Waals surface area (Å²) in [5, 5.41) is 12.8. The molecule has 27 heavy (non-hydrogen) atoms. The van der Waals surface area contributed by atoms with E-state index in [9.17, 15) is 4.79 Å². The quantitative estimate of drug-likeness (QED) is 0.356. The Kier molecular flexibility index (Phi) is 8.54. The monoisotopic (exact) mass is 407 g/mol. The Hall–Kier alpha value is -2.12. The van der Waals surface area contributed by atoms with Gasteiger partial charge in [0.25, 0.3) is 5.91 Å². The SMILES string of the molecule is CCNC(=NCc1nc(C(C)C)cs1)NCCNC(=O)c1ccccc1Cl. The Bertz CT molecular complexity index is 775. The van der Waals surface area contributed by atoms with E-state index < -0.39 is 0 Å². The van der Waals surface area contributed by atoms with Crippen LogP contribution in [0, 0.1) is 0 Å². The first kappa shape index (κ1) is 21.2. The number of amides is 1. The average Bonchev–Trinajstić information content (AvgIpc) is 3.12. The molecule has 146 valence electrons. The van der Waals surface area contributed by atoms with Crippen LogP contribution in [0.3, 0.4) is 0 Å². The van der Waals surface area contributed by atoms with Gasteiger partial charge in [0.05, 0.1) is 22.8 Å². The van der Waals surface area contributed by atoms with E-state index in [4.69, 9.17) is 11.6 Å². The normalized spacial score (nSPS) is 11.5. The maximum Gasteiger partial charge on any atom is 0.252 e. The molecule has 3 N–H and O–H groups in total. The molecule has 2 aromatic rings. The van der Waals surface area contributed by atoms with Crippen LogP contribution in [0.2, 0.25) is 5.02 Å². The molecule has 0 radical (unpaired) electrons. The average molecular weight is 408 g/mol. The van der Waals surface area contributed by atoms with Crippen LogP contribution in [0.4, 0.5) is 0 Å². The third kappa shape index (κ3) is 6.84. The van der Waals surface area contributed by atoms with Gasteiger partial charge in [-0.1, -0.05) is 37.6 Å². The lowest BCUT2D eigenvalue weighted by atomic mass is 10.2. The fourth-order valence-corrected chi connectivity index (χ4v) is 3.35. The summed E-state index contributed by atoms with van der Waals surface area (Å²) in [6, 6.07) is 6.99. The summed E-state index contributed by atoms with van der Waals surface area (Å²) in [6.07, 6.45) is 0. The van der Waals surface area contributed by atoms with Crippen LogP contribution >= 0.6 is 22.9 Å². The van der Waals surface area contributed by atoms with E-state index in [1.54, 1.807) is 35.6 Å². The third-order valence-corrected chi connectivity index (χ3v) is 4.88. The molecule has 1 aromatic carbocycles. The summed E-state index contributed by atoms with van der Waals surface area (Å²) in [5.74, 6) is 0.936. The number of nitrogens with zero attached hydrogens (tertiary/aromatic N) is 2. The number of carbonyl (C=O) groups is 1. The number of benzene rings is 1. The highest BCUT2D eigenvalue weighted by atomic mass is 35.5. The Morgan fingerprint density at radius 1 is 1.22 bits per heavy atom. The van der Waals surface area contributed by atoms with E-state index in [1.165, 1.54) is 0 Å². The second-order valence-corrected chi connectivity index (χ2v) is 7.53. The number of aromatic nitrogens is 1. The van der Waals surface area contributed by atoms with Crippen LogP contribution in [0.15, 0.2) is 34.6 Å². The van der Waals surface area contributed by atoms with Crippen molar-refractivity contribution in [3.63, 3.8) is 0 Å². The minimum absolute atomic E-state index is 0.187. The third-order valence-electron chi connectivity index (χ3n) is 3.70. The Balaban J connectivity index is 1.81. The van der Waals surface area contributed by atoms with Crippen molar-refractivity contribution in [3.05, 3.63) is 50.9 Å². The molecule has 0 unspecified atom stereocenters. The molecule has 0 spiro atoms. The van der Waals surface area contributed by atoms with Gasteiger partial charge in [-0.15, -0.1) is 11.3 Å². The molecular weight excluding hydrogens is 382 g/mol. The van der Waals surface area contributed by atoms with Gasteiger partial charge in [0.1, 0.15) is 5.01 Å². The Morgan fingerprint density at radius 2 is 1.96 bits per heavy atom. The highest BCUT2D eigenvalue weighted by molar-refractivity contribution is 7.09. The van der Waals surface area contributed by atoms with Crippen LogP contribution in [0.25, 0.3) is 0 Å². The summed E-state index contributed by atoms with van der Waals surface area (Å²) in [5.41, 5.74) is 1.58. The van der Waals surface area contributed by atoms with E-state index in [2.05, 4.69) is 45.2 Å². The summed E-state index contributed by atoms with van der Waals surface area (Å²) in [4.78, 5) is 21.3. The molecule has 0 saturated heterocycles. The maximum atomic E-state index is 12.1. The number of hydrogen-bond donors (Lipinski definition) is 3. The zero-order valence-electron chi connectivity index (χ0n) is 15.9. The van der Waals surface area contributed by atoms with Gasteiger partial charge >= 0.3 is 0 Å². The van der Waals surface area contributed by atoms with Crippen LogP contribution < -0.4 is 16.0 Å². The highest BCUT2D eigenvalue weighted by Crippen LogP contribution is 2.18. The van der Waals surface area contributed by atoms with Crippen molar-refractivity contribution in [1.29, 1.82) is 0 Å². The lowest BCUT2D eigenvalue weighted by Gasteiger charge is -2.12. The zero-order valence-corrected chi connectivity index (χ0v) is 17.5. The van der Waals surface area contributed by atoms with E-state index in [1.807, 2.05) is 6.92 Å². The number of thiazole rings is 1. The Labute approximate surface area is 169 Å². The lowest BCUT2D eigenvalue weighted by Crippen LogP contribution is -2.41. The van der Waals surface area contributed by atoms with E-state index in [-0.39, 0.29) is 5.91 Å². The molecule has 0 saturated carbocycles. The predicted octanol–water partition coefficient (Wildman–Crippen LogP) is 3.41. The number of nitrogens with one attached hydrogen (secondary N) is 3. The van der Waals surface area contributed by atoms with Gasteiger partial charge in [-0.25, -0.2) is 9.98 Å². The predicted molar refractivity (Wildman–Crippen MR) is 113 cm³/mol. The van der Waals surface area contributed by atoms with Crippen LogP contribution in [0.1, 0.15) is 47.7 Å². The minimum atomic E-state index is -0.187. The van der Waals surface area contributed by atoms with Crippen molar-refractivity contribution in [2.24, 2.45) is 4.99 Å². The fraction of sp³-hybridized carbons (Fsp3) is 0.421. The van der Waals surface area contributed by atoms with Crippen LogP contribution in [-0.4, -0.2) is 36.5 Å². The zero-order chi connectivity index (χ0) is 19.6. The largest absolute Gasteiger partial charge is 0.357 e. The smallest absolute Gasteiger partial charge is 0.252 e. The standard InChI is InChI=1S/C19H26ClN5OS/c1-4-21-19(24-11-17-25-16(12-27-17)13(2)3)23-10-9-22-18(26)14-7-5-6-8-15(14)20/h5-8,12-13H,4,9-11H2,1-3H3,(H,22,26)(H2,21,23,24). The number of aliphatic imine (C=N–C) groups is 1. The molecule has 0 aliphatic carbocycles. The van der Waals surface area contributed by atoms with Crippen molar-refractivity contribution < 1.29 is 4.79 Å². The molecule has 6 nitrogen and oxygen atoms in total. The first-order valence-electron chi connectivity index (χ1n) is 9.00. The van der Waals surface area contributed by atoms with Gasteiger partial charge in [-0.05, 0) is 25.0 Å². The first-order valence-corrected chi connectivity index (χ1v) is 10.3. The van der Waals surface area contributed by atoms with E-state index in [0.29, 0.717) is 42.1 Å². The molecule has 0 aliphatic rings. The summed E-state index contributed by atoms with van der Waals surface area (Å²) < 4.78 is 0. The molecule has 2 rings (SSSR count). The number of halogens is 1. The topological polar surface area (TPSA) is 78.4 Å². The van der Waals surface area contributed by atoms with Gasteiger partial charge in [0.2, 0.25) is 0 Å². The minimum Gasteiger partial charge on any atom is -0.357 e. The lowest BCUT2D eigenvalue weighted by molar-refractivity contribution is 0.0954. The first-order chi connectivity index (χ1) is 13.0. The summed E-state index contributed by atoms with van der Waals surface area (Å²) >= 11 is 7.66. The Morgan fingerprint density at radius 3 is 2.63 bits per heavy atom. The van der Waals surface area contributed by atoms with Crippen molar-refractivity contribution in [3.8, 4) is 0 Å². The molecule has 0 fully saturated rings. The molecule has 1 amide bonds. The molecule has 1 aromatic heterocycles. The molecule has 0 atom stereocenters. The van der Waals surface area contributed by atoms with Crippen molar-refractivity contribution in [2.45, 2.75) is 33.2 Å². The maximum absolute atomic E-state index is 12.1. The second kappa shape index (κ2) is 10.9. The number of guanidine groups is 1. The van der Waals surface area contributed by atoms with Gasteiger partial charge in [-0.3, -0.25) is 4.79 Å². The number of carbonyl (C=O) groups excluding carboxylic acids is 1. The molecular formula is C19H26ClN5OS. The molecule has 0 aliphatic heterocycles. The molecule has 0 bridgehead atoms. The second-order valence-electron chi connectivity index (χ2n) is 6.18. The number of hydrogen-bond acceptors (Lipinski definition) is 4. The summed E-state index contributed by atoms with van der Waals surface area (Å²) in [6.45, 7) is 8.57. The van der Waals surface area contributed by atoms with Gasteiger partial charge in [-0.2, -0.15) is 0 Å². The van der Waals surface area contributed by atoms with Gasteiger partial charge in [0.15, 0.2) is 5.96 Å².